The molecule has 25 heavy (non-hydrogen) atoms. The molecule has 5 heteroatoms. The molecule has 3 rings (SSSR count). The average molecular weight is 343 g/mol. The molecule has 0 radical (unpaired) electrons. The fourth-order valence-corrected chi connectivity index (χ4v) is 3.69. The van der Waals surface area contributed by atoms with E-state index in [0.717, 1.165) is 32.6 Å². The lowest BCUT2D eigenvalue weighted by Crippen LogP contribution is -2.48. The number of ether oxygens (including phenoxy) is 1. The monoisotopic (exact) mass is 343 g/mol. The van der Waals surface area contributed by atoms with Crippen molar-refractivity contribution >= 4 is 5.91 Å². The van der Waals surface area contributed by atoms with Gasteiger partial charge in [0.25, 0.3) is 0 Å². The molecule has 2 aliphatic rings. The highest BCUT2D eigenvalue weighted by Crippen LogP contribution is 2.18. The SMILES string of the molecule is C=CCN(CC(=O)N1CCOCC1)C1CCN(Cc2ccccc2)C1. The highest BCUT2D eigenvalue weighted by atomic mass is 16.5. The Bertz CT molecular complexity index is 557. The van der Waals surface area contributed by atoms with Gasteiger partial charge in [0, 0.05) is 45.3 Å². The second-order valence-electron chi connectivity index (χ2n) is 6.87. The van der Waals surface area contributed by atoms with Crippen LogP contribution in [0, 0.1) is 0 Å². The van der Waals surface area contributed by atoms with Gasteiger partial charge in [-0.1, -0.05) is 36.4 Å². The van der Waals surface area contributed by atoms with E-state index in [0.29, 0.717) is 38.9 Å². The maximum absolute atomic E-state index is 12.6. The minimum Gasteiger partial charge on any atom is -0.378 e. The molecule has 2 saturated heterocycles. The molecule has 0 saturated carbocycles. The Kier molecular flexibility index (Phi) is 6.62. The summed E-state index contributed by atoms with van der Waals surface area (Å²) in [7, 11) is 0. The number of rotatable bonds is 7. The van der Waals surface area contributed by atoms with Crippen LogP contribution in [0.25, 0.3) is 0 Å². The fraction of sp³-hybridized carbons (Fsp3) is 0.550. The van der Waals surface area contributed by atoms with Crippen molar-refractivity contribution in [3.05, 3.63) is 48.6 Å². The first-order valence-corrected chi connectivity index (χ1v) is 9.23. The van der Waals surface area contributed by atoms with Gasteiger partial charge in [-0.3, -0.25) is 14.6 Å². The smallest absolute Gasteiger partial charge is 0.236 e. The topological polar surface area (TPSA) is 36.0 Å². The van der Waals surface area contributed by atoms with Crippen molar-refractivity contribution in [3.63, 3.8) is 0 Å². The molecule has 2 aliphatic heterocycles. The van der Waals surface area contributed by atoms with Gasteiger partial charge >= 0.3 is 0 Å². The number of benzene rings is 1. The maximum Gasteiger partial charge on any atom is 0.236 e. The Balaban J connectivity index is 1.53. The number of morpholine rings is 1. The molecule has 1 aromatic carbocycles. The molecule has 2 heterocycles. The van der Waals surface area contributed by atoms with E-state index >= 15 is 0 Å². The number of nitrogens with zero attached hydrogens (tertiary/aromatic N) is 3. The third-order valence-corrected chi connectivity index (χ3v) is 5.08. The fourth-order valence-electron chi connectivity index (χ4n) is 3.69. The van der Waals surface area contributed by atoms with Crippen molar-refractivity contribution in [3.8, 4) is 0 Å². The number of carbonyl (C=O) groups excluding carboxylic acids is 1. The van der Waals surface area contributed by atoms with Crippen molar-refractivity contribution < 1.29 is 9.53 Å². The number of hydrogen-bond acceptors (Lipinski definition) is 4. The summed E-state index contributed by atoms with van der Waals surface area (Å²) in [5, 5.41) is 0. The molecule has 0 bridgehead atoms. The molecule has 5 nitrogen and oxygen atoms in total. The van der Waals surface area contributed by atoms with E-state index < -0.39 is 0 Å². The number of likely N-dealkylation sites (tertiary alicyclic amines) is 1. The van der Waals surface area contributed by atoms with Crippen LogP contribution >= 0.6 is 0 Å². The van der Waals surface area contributed by atoms with Crippen LogP contribution in [-0.2, 0) is 16.1 Å². The Morgan fingerprint density at radius 2 is 2.00 bits per heavy atom. The molecule has 2 fully saturated rings. The molecule has 0 N–H and O–H groups in total. The van der Waals surface area contributed by atoms with Gasteiger partial charge in [0.1, 0.15) is 0 Å². The third kappa shape index (κ3) is 5.14. The summed E-state index contributed by atoms with van der Waals surface area (Å²) in [4.78, 5) is 19.3. The Morgan fingerprint density at radius 1 is 1.24 bits per heavy atom. The molecule has 1 unspecified atom stereocenters. The summed E-state index contributed by atoms with van der Waals surface area (Å²) < 4.78 is 5.34. The van der Waals surface area contributed by atoms with E-state index in [1.54, 1.807) is 0 Å². The van der Waals surface area contributed by atoms with E-state index in [4.69, 9.17) is 4.74 Å². The van der Waals surface area contributed by atoms with Crippen LogP contribution in [0.5, 0.6) is 0 Å². The van der Waals surface area contributed by atoms with Crippen LogP contribution in [0.4, 0.5) is 0 Å². The zero-order chi connectivity index (χ0) is 17.5. The minimum absolute atomic E-state index is 0.214. The highest BCUT2D eigenvalue weighted by Gasteiger charge is 2.29. The molecule has 1 atom stereocenters. The number of carbonyl (C=O) groups is 1. The van der Waals surface area contributed by atoms with Crippen molar-refractivity contribution in [1.82, 2.24) is 14.7 Å². The van der Waals surface area contributed by atoms with E-state index in [1.807, 2.05) is 11.0 Å². The van der Waals surface area contributed by atoms with Crippen LogP contribution < -0.4 is 0 Å². The van der Waals surface area contributed by atoms with Gasteiger partial charge in [0.05, 0.1) is 19.8 Å². The van der Waals surface area contributed by atoms with Gasteiger partial charge in [-0.05, 0) is 12.0 Å². The first-order chi connectivity index (χ1) is 12.3. The van der Waals surface area contributed by atoms with Crippen molar-refractivity contribution in [2.24, 2.45) is 0 Å². The average Bonchev–Trinajstić information content (AvgIpc) is 3.11. The summed E-state index contributed by atoms with van der Waals surface area (Å²) in [6.45, 7) is 10.9. The van der Waals surface area contributed by atoms with E-state index in [-0.39, 0.29) is 5.91 Å². The van der Waals surface area contributed by atoms with Gasteiger partial charge < -0.3 is 9.64 Å². The van der Waals surface area contributed by atoms with Crippen molar-refractivity contribution in [2.75, 3.05) is 52.5 Å². The molecule has 0 aliphatic carbocycles. The van der Waals surface area contributed by atoms with E-state index in [1.165, 1.54) is 5.56 Å². The minimum atomic E-state index is 0.214. The zero-order valence-electron chi connectivity index (χ0n) is 15.0. The predicted octanol–water partition coefficient (Wildman–Crippen LogP) is 1.61. The van der Waals surface area contributed by atoms with Gasteiger partial charge in [-0.25, -0.2) is 0 Å². The van der Waals surface area contributed by atoms with Crippen molar-refractivity contribution in [1.29, 1.82) is 0 Å². The van der Waals surface area contributed by atoms with Gasteiger partial charge in [0.15, 0.2) is 0 Å². The molecule has 0 aromatic heterocycles. The lowest BCUT2D eigenvalue weighted by atomic mass is 10.2. The second-order valence-corrected chi connectivity index (χ2v) is 6.87. The second kappa shape index (κ2) is 9.13. The van der Waals surface area contributed by atoms with Gasteiger partial charge in [-0.15, -0.1) is 6.58 Å². The zero-order valence-corrected chi connectivity index (χ0v) is 15.0. The summed E-state index contributed by atoms with van der Waals surface area (Å²) in [6.07, 6.45) is 3.02. The first-order valence-electron chi connectivity index (χ1n) is 9.23. The van der Waals surface area contributed by atoms with E-state index in [9.17, 15) is 4.79 Å². The van der Waals surface area contributed by atoms with E-state index in [2.05, 4.69) is 46.7 Å². The Morgan fingerprint density at radius 3 is 2.72 bits per heavy atom. The summed E-state index contributed by atoms with van der Waals surface area (Å²) >= 11 is 0. The van der Waals surface area contributed by atoms with Crippen molar-refractivity contribution in [2.45, 2.75) is 19.0 Å². The third-order valence-electron chi connectivity index (χ3n) is 5.08. The summed E-state index contributed by atoms with van der Waals surface area (Å²) in [6, 6.07) is 11.0. The molecule has 136 valence electrons. The van der Waals surface area contributed by atoms with Gasteiger partial charge in [0.2, 0.25) is 5.91 Å². The molecular formula is C20H29N3O2. The molecular weight excluding hydrogens is 314 g/mol. The largest absolute Gasteiger partial charge is 0.378 e. The van der Waals surface area contributed by atoms with Crippen LogP contribution in [-0.4, -0.2) is 79.1 Å². The first kappa shape index (κ1) is 18.1. The Labute approximate surface area is 150 Å². The Hall–Kier alpha value is -1.69. The van der Waals surface area contributed by atoms with Crippen LogP contribution in [0.3, 0.4) is 0 Å². The van der Waals surface area contributed by atoms with Crippen LogP contribution in [0.15, 0.2) is 43.0 Å². The lowest BCUT2D eigenvalue weighted by Gasteiger charge is -2.32. The standard InChI is InChI=1S/C20H29N3O2/c1-2-9-23(17-20(24)22-11-13-25-14-12-22)19-8-10-21(16-19)15-18-6-4-3-5-7-18/h2-7,19H,1,8-17H2. The number of hydrogen-bond donors (Lipinski definition) is 0. The quantitative estimate of drug-likeness (QED) is 0.705. The summed E-state index contributed by atoms with van der Waals surface area (Å²) in [5.74, 6) is 0.214. The highest BCUT2D eigenvalue weighted by molar-refractivity contribution is 5.78. The maximum atomic E-state index is 12.6. The molecule has 1 amide bonds. The van der Waals surface area contributed by atoms with Crippen LogP contribution in [0.2, 0.25) is 0 Å². The van der Waals surface area contributed by atoms with Gasteiger partial charge in [-0.2, -0.15) is 0 Å². The summed E-state index contributed by atoms with van der Waals surface area (Å²) in [5.41, 5.74) is 1.35. The van der Waals surface area contributed by atoms with Crippen LogP contribution in [0.1, 0.15) is 12.0 Å². The lowest BCUT2D eigenvalue weighted by molar-refractivity contribution is -0.136. The number of amides is 1. The molecule has 1 aromatic rings. The molecule has 0 spiro atoms. The normalized spacial score (nSPS) is 21.6. The predicted molar refractivity (Wildman–Crippen MR) is 99.3 cm³/mol.